The van der Waals surface area contributed by atoms with Gasteiger partial charge in [-0.1, -0.05) is 24.3 Å². The maximum atomic E-state index is 13.8. The first kappa shape index (κ1) is 20.5. The van der Waals surface area contributed by atoms with Gasteiger partial charge in [0, 0.05) is 54.3 Å². The van der Waals surface area contributed by atoms with E-state index in [2.05, 4.69) is 16.4 Å². The minimum Gasteiger partial charge on any atom is -0.507 e. The van der Waals surface area contributed by atoms with Gasteiger partial charge in [-0.15, -0.1) is 0 Å². The van der Waals surface area contributed by atoms with Crippen LogP contribution in [0, 0.1) is 17.1 Å². The molecule has 6 nitrogen and oxygen atoms in total. The third-order valence-corrected chi connectivity index (χ3v) is 5.89. The van der Waals surface area contributed by atoms with Crippen LogP contribution in [0.1, 0.15) is 27.2 Å². The van der Waals surface area contributed by atoms with E-state index in [4.69, 9.17) is 0 Å². The van der Waals surface area contributed by atoms with Crippen LogP contribution in [0.25, 0.3) is 22.4 Å². The van der Waals surface area contributed by atoms with Gasteiger partial charge in [-0.05, 0) is 35.9 Å². The number of carbonyl (C=O) groups is 1. The lowest BCUT2D eigenvalue weighted by atomic mass is 9.94. The summed E-state index contributed by atoms with van der Waals surface area (Å²) in [6.45, 7) is 0.740. The van der Waals surface area contributed by atoms with Crippen LogP contribution in [-0.2, 0) is 13.0 Å². The van der Waals surface area contributed by atoms with Crippen molar-refractivity contribution in [1.82, 2.24) is 14.9 Å². The average molecular weight is 438 g/mol. The van der Waals surface area contributed by atoms with E-state index in [1.54, 1.807) is 36.7 Å². The molecule has 0 fully saturated rings. The molecule has 2 N–H and O–H groups in total. The largest absolute Gasteiger partial charge is 0.507 e. The van der Waals surface area contributed by atoms with Gasteiger partial charge in [-0.25, -0.2) is 4.39 Å². The molecule has 7 heteroatoms. The lowest BCUT2D eigenvalue weighted by Crippen LogP contribution is -2.32. The quantitative estimate of drug-likeness (QED) is 0.498. The lowest BCUT2D eigenvalue weighted by Gasteiger charge is -2.18. The lowest BCUT2D eigenvalue weighted by molar-refractivity contribution is 0.0946. The number of halogens is 1. The molecule has 33 heavy (non-hydrogen) atoms. The first-order chi connectivity index (χ1) is 16.1. The summed E-state index contributed by atoms with van der Waals surface area (Å²) in [5, 5.41) is 23.2. The SMILES string of the molecule is N#Cc1cc(F)ccc1Cn1c2c(c(-c3ccccc3O)c1-c1ccncc1)C(=O)NCC2. The standard InChI is InChI=1S/C26H19FN4O2/c27-19-6-5-17(18(13-19)14-28)15-31-21-9-12-30-26(33)24(21)23(20-3-1-2-4-22(20)32)25(31)16-7-10-29-11-8-16/h1-8,10-11,13,32H,9,12,15H2,(H,30,33). The second-order valence-electron chi connectivity index (χ2n) is 7.80. The second-order valence-corrected chi connectivity index (χ2v) is 7.80. The number of benzene rings is 2. The molecular weight excluding hydrogens is 419 g/mol. The van der Waals surface area contributed by atoms with Crippen LogP contribution in [-0.4, -0.2) is 27.1 Å². The molecule has 1 amide bonds. The molecule has 0 atom stereocenters. The van der Waals surface area contributed by atoms with Crippen molar-refractivity contribution in [1.29, 1.82) is 5.26 Å². The zero-order valence-electron chi connectivity index (χ0n) is 17.5. The summed E-state index contributed by atoms with van der Waals surface area (Å²) in [5.41, 5.74) is 4.87. The van der Waals surface area contributed by atoms with E-state index in [0.29, 0.717) is 35.2 Å². The molecule has 0 radical (unpaired) electrons. The topological polar surface area (TPSA) is 90.9 Å². The number of amides is 1. The Morgan fingerprint density at radius 2 is 1.91 bits per heavy atom. The Morgan fingerprint density at radius 3 is 2.67 bits per heavy atom. The highest BCUT2D eigenvalue weighted by Crippen LogP contribution is 2.43. The fraction of sp³-hybridized carbons (Fsp3) is 0.115. The van der Waals surface area contributed by atoms with Crippen molar-refractivity contribution < 1.29 is 14.3 Å². The Kier molecular flexibility index (Phi) is 5.11. The van der Waals surface area contributed by atoms with Crippen molar-refractivity contribution in [2.45, 2.75) is 13.0 Å². The molecular formula is C26H19FN4O2. The average Bonchev–Trinajstić information content (AvgIpc) is 3.16. The molecule has 2 aromatic carbocycles. The first-order valence-electron chi connectivity index (χ1n) is 10.5. The van der Waals surface area contributed by atoms with E-state index in [0.717, 1.165) is 17.0 Å². The number of hydrogen-bond donors (Lipinski definition) is 2. The van der Waals surface area contributed by atoms with Gasteiger partial charge < -0.3 is 15.0 Å². The fourth-order valence-corrected chi connectivity index (χ4v) is 4.45. The molecule has 1 aliphatic heterocycles. The van der Waals surface area contributed by atoms with Crippen molar-refractivity contribution in [3.05, 3.63) is 95.2 Å². The minimum absolute atomic E-state index is 0.0608. The van der Waals surface area contributed by atoms with Crippen LogP contribution < -0.4 is 5.32 Å². The molecule has 162 valence electrons. The van der Waals surface area contributed by atoms with E-state index in [-0.39, 0.29) is 23.8 Å². The molecule has 0 aliphatic carbocycles. The van der Waals surface area contributed by atoms with E-state index in [1.165, 1.54) is 12.1 Å². The van der Waals surface area contributed by atoms with E-state index in [9.17, 15) is 19.6 Å². The Balaban J connectivity index is 1.85. The van der Waals surface area contributed by atoms with Crippen LogP contribution in [0.3, 0.4) is 0 Å². The maximum absolute atomic E-state index is 13.8. The molecule has 0 unspecified atom stereocenters. The summed E-state index contributed by atoms with van der Waals surface area (Å²) in [4.78, 5) is 17.2. The van der Waals surface area contributed by atoms with Crippen LogP contribution in [0.15, 0.2) is 67.0 Å². The molecule has 0 spiro atoms. The predicted octanol–water partition coefficient (Wildman–Crippen LogP) is 4.27. The molecule has 2 aromatic heterocycles. The number of nitriles is 1. The number of nitrogens with one attached hydrogen (secondary N) is 1. The van der Waals surface area contributed by atoms with Gasteiger partial charge >= 0.3 is 0 Å². The number of para-hydroxylation sites is 1. The van der Waals surface area contributed by atoms with Crippen molar-refractivity contribution in [2.75, 3.05) is 6.54 Å². The molecule has 0 bridgehead atoms. The third kappa shape index (κ3) is 3.52. The number of phenolic OH excluding ortho intramolecular Hbond substituents is 1. The van der Waals surface area contributed by atoms with E-state index >= 15 is 0 Å². The Bertz CT molecular complexity index is 1420. The van der Waals surface area contributed by atoms with Crippen molar-refractivity contribution in [2.24, 2.45) is 0 Å². The third-order valence-electron chi connectivity index (χ3n) is 5.89. The highest BCUT2D eigenvalue weighted by molar-refractivity contribution is 6.07. The monoisotopic (exact) mass is 438 g/mol. The van der Waals surface area contributed by atoms with Crippen LogP contribution >= 0.6 is 0 Å². The summed E-state index contributed by atoms with van der Waals surface area (Å²) in [6, 6.07) is 16.8. The molecule has 3 heterocycles. The number of nitrogens with zero attached hydrogens (tertiary/aromatic N) is 3. The van der Waals surface area contributed by atoms with Gasteiger partial charge in [-0.3, -0.25) is 9.78 Å². The number of aromatic hydroxyl groups is 1. The van der Waals surface area contributed by atoms with Gasteiger partial charge in [0.05, 0.1) is 22.9 Å². The summed E-state index contributed by atoms with van der Waals surface area (Å²) < 4.78 is 15.8. The summed E-state index contributed by atoms with van der Waals surface area (Å²) in [7, 11) is 0. The van der Waals surface area contributed by atoms with Gasteiger partial charge in [0.1, 0.15) is 11.6 Å². The summed E-state index contributed by atoms with van der Waals surface area (Å²) >= 11 is 0. The maximum Gasteiger partial charge on any atom is 0.253 e. The van der Waals surface area contributed by atoms with Crippen molar-refractivity contribution in [3.63, 3.8) is 0 Å². The smallest absolute Gasteiger partial charge is 0.253 e. The highest BCUT2D eigenvalue weighted by Gasteiger charge is 2.32. The molecule has 4 aromatic rings. The minimum atomic E-state index is -0.478. The summed E-state index contributed by atoms with van der Waals surface area (Å²) in [6.07, 6.45) is 3.91. The zero-order chi connectivity index (χ0) is 22.9. The van der Waals surface area contributed by atoms with Gasteiger partial charge in [0.15, 0.2) is 0 Å². The van der Waals surface area contributed by atoms with E-state index in [1.807, 2.05) is 22.8 Å². The van der Waals surface area contributed by atoms with Crippen LogP contribution in [0.5, 0.6) is 5.75 Å². The number of hydrogen-bond acceptors (Lipinski definition) is 4. The number of rotatable bonds is 4. The molecule has 5 rings (SSSR count). The number of aromatic nitrogens is 2. The van der Waals surface area contributed by atoms with Crippen molar-refractivity contribution in [3.8, 4) is 34.2 Å². The fourth-order valence-electron chi connectivity index (χ4n) is 4.45. The summed E-state index contributed by atoms with van der Waals surface area (Å²) in [5.74, 6) is -0.637. The Morgan fingerprint density at radius 1 is 1.12 bits per heavy atom. The first-order valence-corrected chi connectivity index (χ1v) is 10.5. The molecule has 0 saturated carbocycles. The Labute approximate surface area is 189 Å². The van der Waals surface area contributed by atoms with Gasteiger partial charge in [-0.2, -0.15) is 5.26 Å². The number of phenols is 1. The predicted molar refractivity (Wildman–Crippen MR) is 121 cm³/mol. The van der Waals surface area contributed by atoms with Crippen molar-refractivity contribution >= 4 is 5.91 Å². The number of pyridine rings is 1. The Hall–Kier alpha value is -4.44. The second kappa shape index (κ2) is 8.24. The van der Waals surface area contributed by atoms with Crippen LogP contribution in [0.4, 0.5) is 4.39 Å². The molecule has 0 saturated heterocycles. The van der Waals surface area contributed by atoms with Gasteiger partial charge in [0.25, 0.3) is 5.91 Å². The number of carbonyl (C=O) groups excluding carboxylic acids is 1. The highest BCUT2D eigenvalue weighted by atomic mass is 19.1. The zero-order valence-corrected chi connectivity index (χ0v) is 17.5. The van der Waals surface area contributed by atoms with Gasteiger partial charge in [0.2, 0.25) is 0 Å². The van der Waals surface area contributed by atoms with E-state index < -0.39 is 5.82 Å². The normalized spacial score (nSPS) is 12.7. The number of fused-ring (bicyclic) bond motifs is 1. The molecule has 1 aliphatic rings. The van der Waals surface area contributed by atoms with Crippen LogP contribution in [0.2, 0.25) is 0 Å².